The van der Waals surface area contributed by atoms with Crippen LogP contribution in [0.3, 0.4) is 0 Å². The van der Waals surface area contributed by atoms with Gasteiger partial charge in [0.2, 0.25) is 0 Å². The predicted octanol–water partition coefficient (Wildman–Crippen LogP) is 1.76. The number of aliphatic hydroxyl groups is 1. The molecule has 1 aromatic heterocycles. The van der Waals surface area contributed by atoms with Crippen LogP contribution in [0.5, 0.6) is 0 Å². The van der Waals surface area contributed by atoms with Gasteiger partial charge in [0.25, 0.3) is 0 Å². The van der Waals surface area contributed by atoms with Gasteiger partial charge in [0.15, 0.2) is 0 Å². The molecule has 0 bridgehead atoms. The normalized spacial score (nSPS) is 23.9. The maximum Gasteiger partial charge on any atom is 0.104 e. The summed E-state index contributed by atoms with van der Waals surface area (Å²) in [6.45, 7) is 5.93. The van der Waals surface area contributed by atoms with Crippen molar-refractivity contribution in [2.45, 2.75) is 31.8 Å². The van der Waals surface area contributed by atoms with Crippen molar-refractivity contribution in [3.63, 3.8) is 0 Å². The molecular formula is C16H22N2OS. The number of piperidine rings is 1. The summed E-state index contributed by atoms with van der Waals surface area (Å²) in [4.78, 5) is 7.70. The average molecular weight is 290 g/mol. The molecular weight excluding hydrogens is 268 g/mol. The molecule has 2 saturated heterocycles. The highest BCUT2D eigenvalue weighted by Crippen LogP contribution is 2.24. The first-order chi connectivity index (χ1) is 9.85. The van der Waals surface area contributed by atoms with E-state index in [0.29, 0.717) is 0 Å². The average Bonchev–Trinajstić information content (AvgIpc) is 2.92. The van der Waals surface area contributed by atoms with Gasteiger partial charge in [-0.3, -0.25) is 9.80 Å². The number of aliphatic hydroxyl groups excluding tert-OH is 1. The molecule has 20 heavy (non-hydrogen) atoms. The van der Waals surface area contributed by atoms with Crippen LogP contribution in [0.1, 0.15) is 29.0 Å². The summed E-state index contributed by atoms with van der Waals surface area (Å²) in [5.41, 5.74) is 0. The molecule has 1 unspecified atom stereocenters. The summed E-state index contributed by atoms with van der Waals surface area (Å²) >= 11 is 1.76. The van der Waals surface area contributed by atoms with Crippen LogP contribution in [0, 0.1) is 11.8 Å². The highest BCUT2D eigenvalue weighted by molar-refractivity contribution is 7.12. The minimum absolute atomic E-state index is 0.0587. The van der Waals surface area contributed by atoms with Crippen molar-refractivity contribution >= 4 is 11.3 Å². The van der Waals surface area contributed by atoms with E-state index in [1.54, 1.807) is 11.3 Å². The summed E-state index contributed by atoms with van der Waals surface area (Å²) in [5.74, 6) is 5.70. The van der Waals surface area contributed by atoms with Crippen molar-refractivity contribution < 1.29 is 5.11 Å². The smallest absolute Gasteiger partial charge is 0.104 e. The van der Waals surface area contributed by atoms with E-state index >= 15 is 0 Å². The van der Waals surface area contributed by atoms with Crippen molar-refractivity contribution in [3.05, 3.63) is 21.9 Å². The third-order valence-electron chi connectivity index (χ3n) is 4.25. The van der Waals surface area contributed by atoms with Gasteiger partial charge in [-0.25, -0.2) is 0 Å². The van der Waals surface area contributed by atoms with Crippen LogP contribution in [0.4, 0.5) is 0 Å². The molecule has 0 aromatic carbocycles. The summed E-state index contributed by atoms with van der Waals surface area (Å²) in [7, 11) is 0. The second-order valence-electron chi connectivity index (χ2n) is 5.65. The van der Waals surface area contributed by atoms with Gasteiger partial charge < -0.3 is 5.11 Å². The SMILES string of the molecule is OCC#Cc1ccc(CN2CCN3CCCCC3C2)s1. The largest absolute Gasteiger partial charge is 0.384 e. The van der Waals surface area contributed by atoms with E-state index in [9.17, 15) is 0 Å². The van der Waals surface area contributed by atoms with Gasteiger partial charge in [-0.15, -0.1) is 11.3 Å². The van der Waals surface area contributed by atoms with Crippen LogP contribution < -0.4 is 0 Å². The van der Waals surface area contributed by atoms with Crippen molar-refractivity contribution in [3.8, 4) is 11.8 Å². The van der Waals surface area contributed by atoms with E-state index in [0.717, 1.165) is 17.5 Å². The third kappa shape index (κ3) is 3.42. The van der Waals surface area contributed by atoms with E-state index < -0.39 is 0 Å². The molecule has 108 valence electrons. The Kier molecular flexibility index (Phi) is 4.74. The molecule has 0 amide bonds. The van der Waals surface area contributed by atoms with Crippen molar-refractivity contribution in [2.24, 2.45) is 0 Å². The molecule has 3 rings (SSSR count). The van der Waals surface area contributed by atoms with E-state index in [-0.39, 0.29) is 6.61 Å². The monoisotopic (exact) mass is 290 g/mol. The molecule has 1 N–H and O–H groups in total. The van der Waals surface area contributed by atoms with Gasteiger partial charge in [-0.1, -0.05) is 18.3 Å². The molecule has 0 spiro atoms. The Hall–Kier alpha value is -0.860. The summed E-state index contributed by atoms with van der Waals surface area (Å²) in [6.07, 6.45) is 4.15. The Bertz CT molecular complexity index is 502. The molecule has 3 nitrogen and oxygen atoms in total. The Balaban J connectivity index is 1.56. The first-order valence-corrected chi connectivity index (χ1v) is 8.31. The zero-order valence-corrected chi connectivity index (χ0v) is 12.7. The number of rotatable bonds is 2. The van der Waals surface area contributed by atoms with Crippen molar-refractivity contribution in [1.82, 2.24) is 9.80 Å². The first kappa shape index (κ1) is 14.1. The second kappa shape index (κ2) is 6.73. The molecule has 0 saturated carbocycles. The number of piperazine rings is 1. The van der Waals surface area contributed by atoms with Gasteiger partial charge in [0.05, 0.1) is 4.88 Å². The van der Waals surface area contributed by atoms with Crippen molar-refractivity contribution in [1.29, 1.82) is 0 Å². The Morgan fingerprint density at radius 1 is 1.25 bits per heavy atom. The molecule has 0 aliphatic carbocycles. The summed E-state index contributed by atoms with van der Waals surface area (Å²) in [6, 6.07) is 5.03. The molecule has 2 aliphatic rings. The summed E-state index contributed by atoms with van der Waals surface area (Å²) < 4.78 is 0. The fourth-order valence-electron chi connectivity index (χ4n) is 3.24. The van der Waals surface area contributed by atoms with E-state index in [2.05, 4.69) is 33.8 Å². The van der Waals surface area contributed by atoms with Crippen LogP contribution >= 0.6 is 11.3 Å². The van der Waals surface area contributed by atoms with Crippen LogP contribution in [0.2, 0.25) is 0 Å². The lowest BCUT2D eigenvalue weighted by atomic mass is 9.99. The van der Waals surface area contributed by atoms with Crippen LogP contribution in [0.15, 0.2) is 12.1 Å². The van der Waals surface area contributed by atoms with Crippen LogP contribution in [0.25, 0.3) is 0 Å². The standard InChI is InChI=1S/C16H22N2OS/c19-11-3-5-15-6-7-16(20-15)13-17-9-10-18-8-2-1-4-14(18)12-17/h6-7,14,19H,1-2,4,8-13H2. The van der Waals surface area contributed by atoms with E-state index in [1.165, 1.54) is 50.3 Å². The van der Waals surface area contributed by atoms with E-state index in [1.807, 2.05) is 0 Å². The summed E-state index contributed by atoms with van der Waals surface area (Å²) in [5, 5.41) is 8.72. The highest BCUT2D eigenvalue weighted by atomic mass is 32.1. The fraction of sp³-hybridized carbons (Fsp3) is 0.625. The Labute approximate surface area is 125 Å². The number of nitrogens with zero attached hydrogens (tertiary/aromatic N) is 2. The molecule has 3 heterocycles. The van der Waals surface area contributed by atoms with Gasteiger partial charge in [-0.05, 0) is 31.5 Å². The van der Waals surface area contributed by atoms with Crippen molar-refractivity contribution in [2.75, 3.05) is 32.8 Å². The number of hydrogen-bond donors (Lipinski definition) is 1. The van der Waals surface area contributed by atoms with Gasteiger partial charge >= 0.3 is 0 Å². The van der Waals surface area contributed by atoms with Gasteiger partial charge in [0, 0.05) is 37.1 Å². The molecule has 1 aromatic rings. The lowest BCUT2D eigenvalue weighted by Crippen LogP contribution is -2.54. The number of fused-ring (bicyclic) bond motifs is 1. The van der Waals surface area contributed by atoms with Gasteiger partial charge in [0.1, 0.15) is 6.61 Å². The highest BCUT2D eigenvalue weighted by Gasteiger charge is 2.28. The maximum absolute atomic E-state index is 8.72. The maximum atomic E-state index is 8.72. The molecule has 4 heteroatoms. The third-order valence-corrected chi connectivity index (χ3v) is 5.24. The lowest BCUT2D eigenvalue weighted by molar-refractivity contribution is 0.0461. The topological polar surface area (TPSA) is 26.7 Å². The molecule has 1 atom stereocenters. The number of hydrogen-bond acceptors (Lipinski definition) is 4. The minimum atomic E-state index is -0.0587. The van der Waals surface area contributed by atoms with Crippen LogP contribution in [-0.4, -0.2) is 53.7 Å². The first-order valence-electron chi connectivity index (χ1n) is 7.50. The molecule has 2 aliphatic heterocycles. The zero-order valence-electron chi connectivity index (χ0n) is 11.8. The van der Waals surface area contributed by atoms with Gasteiger partial charge in [-0.2, -0.15) is 0 Å². The second-order valence-corrected chi connectivity index (χ2v) is 6.81. The number of thiophene rings is 1. The zero-order chi connectivity index (χ0) is 13.8. The molecule has 2 fully saturated rings. The fourth-order valence-corrected chi connectivity index (χ4v) is 4.17. The quantitative estimate of drug-likeness (QED) is 0.841. The Morgan fingerprint density at radius 2 is 2.20 bits per heavy atom. The minimum Gasteiger partial charge on any atom is -0.384 e. The molecule has 0 radical (unpaired) electrons. The van der Waals surface area contributed by atoms with Crippen LogP contribution in [-0.2, 0) is 6.54 Å². The lowest BCUT2D eigenvalue weighted by Gasteiger charge is -2.44. The van der Waals surface area contributed by atoms with E-state index in [4.69, 9.17) is 5.11 Å². The predicted molar refractivity (Wildman–Crippen MR) is 82.8 cm³/mol. The Morgan fingerprint density at radius 3 is 3.10 bits per heavy atom.